The minimum Gasteiger partial charge on any atom is -0.326 e. The molecule has 0 N–H and O–H groups in total. The molecule has 0 saturated heterocycles. The summed E-state index contributed by atoms with van der Waals surface area (Å²) in [6.45, 7) is 4.67. The van der Waals surface area contributed by atoms with E-state index < -0.39 is 0 Å². The van der Waals surface area contributed by atoms with Crippen LogP contribution < -0.4 is 0 Å². The Morgan fingerprint density at radius 1 is 1.28 bits per heavy atom. The van der Waals surface area contributed by atoms with Crippen LogP contribution in [0.3, 0.4) is 0 Å². The lowest BCUT2D eigenvalue weighted by atomic mass is 9.81. The molecule has 0 heterocycles. The molecule has 2 rings (SSSR count). The Morgan fingerprint density at radius 3 is 2.44 bits per heavy atom. The van der Waals surface area contributed by atoms with Crippen LogP contribution in [0.4, 0.5) is 0 Å². The fourth-order valence-electron chi connectivity index (χ4n) is 3.66. The lowest BCUT2D eigenvalue weighted by molar-refractivity contribution is -0.140. The van der Waals surface area contributed by atoms with Gasteiger partial charge in [-0.3, -0.25) is 4.79 Å². The molecule has 2 fully saturated rings. The first-order valence-electron chi connectivity index (χ1n) is 7.23. The molecule has 2 saturated carbocycles. The Hall–Kier alpha value is -1.04. The van der Waals surface area contributed by atoms with Gasteiger partial charge in [-0.05, 0) is 31.1 Å². The van der Waals surface area contributed by atoms with Crippen LogP contribution in [0, 0.1) is 22.7 Å². The third-order valence-electron chi connectivity index (χ3n) is 4.84. The monoisotopic (exact) mass is 248 g/mol. The van der Waals surface area contributed by atoms with Crippen LogP contribution in [0.5, 0.6) is 0 Å². The summed E-state index contributed by atoms with van der Waals surface area (Å²) >= 11 is 0. The van der Waals surface area contributed by atoms with Gasteiger partial charge in [0.1, 0.15) is 6.54 Å². The van der Waals surface area contributed by atoms with Crippen LogP contribution in [0.25, 0.3) is 0 Å². The van der Waals surface area contributed by atoms with E-state index in [1.807, 2.05) is 4.90 Å². The number of rotatable bonds is 3. The average molecular weight is 248 g/mol. The molecule has 100 valence electrons. The Bertz CT molecular complexity index is 350. The largest absolute Gasteiger partial charge is 0.326 e. The van der Waals surface area contributed by atoms with Crippen LogP contribution in [0.2, 0.25) is 0 Å². The number of hydrogen-bond donors (Lipinski definition) is 0. The van der Waals surface area contributed by atoms with Crippen LogP contribution in [-0.4, -0.2) is 23.4 Å². The van der Waals surface area contributed by atoms with Crippen LogP contribution in [0.15, 0.2) is 0 Å². The van der Waals surface area contributed by atoms with Gasteiger partial charge < -0.3 is 4.90 Å². The topological polar surface area (TPSA) is 44.1 Å². The second-order valence-corrected chi connectivity index (χ2v) is 6.50. The lowest BCUT2D eigenvalue weighted by Gasteiger charge is -2.34. The van der Waals surface area contributed by atoms with Gasteiger partial charge in [-0.25, -0.2) is 0 Å². The van der Waals surface area contributed by atoms with Crippen molar-refractivity contribution in [3.8, 4) is 6.07 Å². The Balaban J connectivity index is 2.10. The molecule has 0 bridgehead atoms. The summed E-state index contributed by atoms with van der Waals surface area (Å²) in [6.07, 6.45) is 7.85. The molecule has 1 atom stereocenters. The maximum atomic E-state index is 12.7. The van der Waals surface area contributed by atoms with Crippen molar-refractivity contribution < 1.29 is 4.79 Å². The maximum absolute atomic E-state index is 12.7. The van der Waals surface area contributed by atoms with Gasteiger partial charge in [-0.2, -0.15) is 5.26 Å². The maximum Gasteiger partial charge on any atom is 0.227 e. The van der Waals surface area contributed by atoms with E-state index in [2.05, 4.69) is 19.9 Å². The van der Waals surface area contributed by atoms with Gasteiger partial charge in [-0.15, -0.1) is 0 Å². The summed E-state index contributed by atoms with van der Waals surface area (Å²) in [5.74, 6) is 0.373. The number of carbonyl (C=O) groups is 1. The Kier molecular flexibility index (Phi) is 3.94. The number of amides is 1. The minimum absolute atomic E-state index is 0.114. The Labute approximate surface area is 110 Å². The van der Waals surface area contributed by atoms with Crippen molar-refractivity contribution in [1.82, 2.24) is 4.90 Å². The van der Waals surface area contributed by atoms with Crippen LogP contribution >= 0.6 is 0 Å². The fraction of sp³-hybridized carbons (Fsp3) is 0.867. The SMILES string of the molecule is CC1(C)CCCC1C(=O)N(CC#N)C1CCCC1. The number of hydrogen-bond acceptors (Lipinski definition) is 2. The van der Waals surface area contributed by atoms with Gasteiger partial charge in [-0.1, -0.05) is 33.1 Å². The van der Waals surface area contributed by atoms with Crippen LogP contribution in [0.1, 0.15) is 58.8 Å². The highest BCUT2D eigenvalue weighted by Crippen LogP contribution is 2.44. The summed E-state index contributed by atoms with van der Waals surface area (Å²) in [6, 6.07) is 2.51. The van der Waals surface area contributed by atoms with E-state index in [0.717, 1.165) is 32.1 Å². The predicted molar refractivity (Wildman–Crippen MR) is 70.7 cm³/mol. The predicted octanol–water partition coefficient (Wildman–Crippen LogP) is 3.11. The average Bonchev–Trinajstić information content (AvgIpc) is 2.94. The minimum atomic E-state index is 0.114. The first kappa shape index (κ1) is 13.4. The first-order valence-corrected chi connectivity index (χ1v) is 7.23. The molecule has 0 spiro atoms. The number of nitrogens with zero attached hydrogens (tertiary/aromatic N) is 2. The summed E-state index contributed by atoms with van der Waals surface area (Å²) in [4.78, 5) is 14.6. The van der Waals surface area contributed by atoms with Crippen molar-refractivity contribution >= 4 is 5.91 Å². The fourth-order valence-corrected chi connectivity index (χ4v) is 3.66. The lowest BCUT2D eigenvalue weighted by Crippen LogP contribution is -2.45. The van der Waals surface area contributed by atoms with E-state index in [9.17, 15) is 4.79 Å². The van der Waals surface area contributed by atoms with Gasteiger partial charge in [0.2, 0.25) is 5.91 Å². The van der Waals surface area contributed by atoms with E-state index >= 15 is 0 Å². The zero-order chi connectivity index (χ0) is 13.2. The van der Waals surface area contributed by atoms with Gasteiger partial charge in [0, 0.05) is 12.0 Å². The third-order valence-corrected chi connectivity index (χ3v) is 4.84. The smallest absolute Gasteiger partial charge is 0.227 e. The molecule has 2 aliphatic rings. The zero-order valence-corrected chi connectivity index (χ0v) is 11.6. The molecule has 3 nitrogen and oxygen atoms in total. The van der Waals surface area contributed by atoms with E-state index in [4.69, 9.17) is 5.26 Å². The van der Waals surface area contributed by atoms with Gasteiger partial charge in [0.05, 0.1) is 6.07 Å². The summed E-state index contributed by atoms with van der Waals surface area (Å²) in [7, 11) is 0. The molecule has 2 aliphatic carbocycles. The van der Waals surface area contributed by atoms with Crippen molar-refractivity contribution in [2.75, 3.05) is 6.54 Å². The second kappa shape index (κ2) is 5.30. The summed E-state index contributed by atoms with van der Waals surface area (Å²) < 4.78 is 0. The van der Waals surface area contributed by atoms with E-state index in [0.29, 0.717) is 6.04 Å². The van der Waals surface area contributed by atoms with Gasteiger partial charge >= 0.3 is 0 Å². The van der Waals surface area contributed by atoms with Gasteiger partial charge in [0.15, 0.2) is 0 Å². The number of nitriles is 1. The highest BCUT2D eigenvalue weighted by molar-refractivity contribution is 5.80. The normalized spacial score (nSPS) is 27.1. The molecule has 0 aromatic rings. The zero-order valence-electron chi connectivity index (χ0n) is 11.6. The first-order chi connectivity index (χ1) is 8.56. The molecule has 1 unspecified atom stereocenters. The highest BCUT2D eigenvalue weighted by atomic mass is 16.2. The van der Waals surface area contributed by atoms with Crippen molar-refractivity contribution in [1.29, 1.82) is 5.26 Å². The Morgan fingerprint density at radius 2 is 1.94 bits per heavy atom. The van der Waals surface area contributed by atoms with E-state index in [1.54, 1.807) is 0 Å². The quantitative estimate of drug-likeness (QED) is 0.720. The molecule has 0 aromatic carbocycles. The highest BCUT2D eigenvalue weighted by Gasteiger charge is 2.42. The molecule has 0 aromatic heterocycles. The van der Waals surface area contributed by atoms with Crippen molar-refractivity contribution in [3.05, 3.63) is 0 Å². The van der Waals surface area contributed by atoms with E-state index in [1.165, 1.54) is 12.8 Å². The van der Waals surface area contributed by atoms with Crippen LogP contribution in [-0.2, 0) is 4.79 Å². The molecule has 0 radical (unpaired) electrons. The van der Waals surface area contributed by atoms with Crippen molar-refractivity contribution in [2.45, 2.75) is 64.8 Å². The molecular weight excluding hydrogens is 224 g/mol. The second-order valence-electron chi connectivity index (χ2n) is 6.50. The molecule has 3 heteroatoms. The van der Waals surface area contributed by atoms with Crippen molar-refractivity contribution in [3.63, 3.8) is 0 Å². The third kappa shape index (κ3) is 2.53. The number of carbonyl (C=O) groups excluding carboxylic acids is 1. The van der Waals surface area contributed by atoms with E-state index in [-0.39, 0.29) is 23.8 Å². The van der Waals surface area contributed by atoms with Gasteiger partial charge in [0.25, 0.3) is 0 Å². The molecule has 1 amide bonds. The molecular formula is C15H24N2O. The molecule has 18 heavy (non-hydrogen) atoms. The summed E-state index contributed by atoms with van der Waals surface area (Å²) in [5, 5.41) is 8.97. The molecule has 0 aliphatic heterocycles. The van der Waals surface area contributed by atoms with Crippen molar-refractivity contribution in [2.24, 2.45) is 11.3 Å². The standard InChI is InChI=1S/C15H24N2O/c1-15(2)9-5-8-13(15)14(18)17(11-10-16)12-6-3-4-7-12/h12-13H,3-9,11H2,1-2H3. The summed E-state index contributed by atoms with van der Waals surface area (Å²) in [5.41, 5.74) is 0.114.